The molecule has 0 saturated carbocycles. The van der Waals surface area contributed by atoms with E-state index in [1.54, 1.807) is 0 Å². The van der Waals surface area contributed by atoms with E-state index in [1.807, 2.05) is 71.7 Å². The second kappa shape index (κ2) is 7.91. The summed E-state index contributed by atoms with van der Waals surface area (Å²) in [4.78, 5) is 15.4. The van der Waals surface area contributed by atoms with E-state index in [0.717, 1.165) is 29.7 Å². The average Bonchev–Trinajstić information content (AvgIpc) is 3.34. The van der Waals surface area contributed by atoms with Crippen LogP contribution in [-0.2, 0) is 17.6 Å². The molecule has 0 saturated heterocycles. The summed E-state index contributed by atoms with van der Waals surface area (Å²) >= 11 is 0. The Bertz CT molecular complexity index is 1030. The van der Waals surface area contributed by atoms with Gasteiger partial charge in [0.15, 0.2) is 0 Å². The topological polar surface area (TPSA) is 62.7 Å². The van der Waals surface area contributed by atoms with Crippen molar-refractivity contribution >= 4 is 16.8 Å². The van der Waals surface area contributed by atoms with Crippen molar-refractivity contribution in [3.05, 3.63) is 84.3 Å². The number of carbonyl (C=O) groups is 1. The molecule has 0 bridgehead atoms. The van der Waals surface area contributed by atoms with Gasteiger partial charge in [-0.15, -0.1) is 0 Å². The van der Waals surface area contributed by atoms with Crippen molar-refractivity contribution in [1.29, 1.82) is 0 Å². The van der Waals surface area contributed by atoms with Gasteiger partial charge in [0.1, 0.15) is 0 Å². The third kappa shape index (κ3) is 4.08. The molecule has 0 unspecified atom stereocenters. The Labute approximate surface area is 158 Å². The molecule has 4 aromatic rings. The van der Waals surface area contributed by atoms with Crippen LogP contribution in [0.3, 0.4) is 0 Å². The summed E-state index contributed by atoms with van der Waals surface area (Å²) in [5.41, 5.74) is 4.30. The molecule has 2 heterocycles. The second-order valence-electron chi connectivity index (χ2n) is 6.55. The largest absolute Gasteiger partial charge is 0.361 e. The van der Waals surface area contributed by atoms with Gasteiger partial charge in [-0.05, 0) is 36.2 Å². The van der Waals surface area contributed by atoms with Crippen LogP contribution in [0.4, 0.5) is 0 Å². The molecule has 0 aliphatic heterocycles. The highest BCUT2D eigenvalue weighted by atomic mass is 16.1. The minimum Gasteiger partial charge on any atom is -0.361 e. The van der Waals surface area contributed by atoms with Crippen LogP contribution < -0.4 is 5.32 Å². The molecule has 0 radical (unpaired) electrons. The number of aryl methyl sites for hydroxylation is 1. The van der Waals surface area contributed by atoms with Gasteiger partial charge in [0.2, 0.25) is 5.91 Å². The first kappa shape index (κ1) is 17.1. The first-order valence-electron chi connectivity index (χ1n) is 9.21. The van der Waals surface area contributed by atoms with Crippen LogP contribution in [0.25, 0.3) is 16.6 Å². The maximum absolute atomic E-state index is 12.1. The molecular weight excluding hydrogens is 336 g/mol. The SMILES string of the molecule is O=C(CCc1c[nH]c2ccccc12)NCCc1ccn(-c2ccccc2)n1. The Hall–Kier alpha value is -3.34. The van der Waals surface area contributed by atoms with Crippen LogP contribution >= 0.6 is 0 Å². The third-order valence-electron chi connectivity index (χ3n) is 4.66. The number of hydrogen-bond donors (Lipinski definition) is 2. The van der Waals surface area contributed by atoms with Gasteiger partial charge in [-0.1, -0.05) is 36.4 Å². The second-order valence-corrected chi connectivity index (χ2v) is 6.55. The Morgan fingerprint density at radius 2 is 1.81 bits per heavy atom. The number of carbonyl (C=O) groups excluding carboxylic acids is 1. The molecule has 2 aromatic carbocycles. The van der Waals surface area contributed by atoms with Crippen LogP contribution in [0.1, 0.15) is 17.7 Å². The molecule has 5 heteroatoms. The molecule has 1 amide bonds. The van der Waals surface area contributed by atoms with Gasteiger partial charge in [-0.2, -0.15) is 5.10 Å². The van der Waals surface area contributed by atoms with Crippen LogP contribution in [0.5, 0.6) is 0 Å². The molecule has 0 atom stereocenters. The summed E-state index contributed by atoms with van der Waals surface area (Å²) in [6.45, 7) is 0.596. The molecular formula is C22H22N4O. The highest BCUT2D eigenvalue weighted by molar-refractivity contribution is 5.84. The number of amides is 1. The van der Waals surface area contributed by atoms with Crippen molar-refractivity contribution in [2.24, 2.45) is 0 Å². The molecule has 136 valence electrons. The van der Waals surface area contributed by atoms with E-state index in [-0.39, 0.29) is 5.91 Å². The maximum atomic E-state index is 12.1. The van der Waals surface area contributed by atoms with Gasteiger partial charge in [-0.25, -0.2) is 4.68 Å². The Morgan fingerprint density at radius 1 is 1.00 bits per heavy atom. The summed E-state index contributed by atoms with van der Waals surface area (Å²) in [5.74, 6) is 0.0720. The van der Waals surface area contributed by atoms with Gasteiger partial charge >= 0.3 is 0 Å². The van der Waals surface area contributed by atoms with Crippen molar-refractivity contribution in [2.75, 3.05) is 6.54 Å². The first-order chi connectivity index (χ1) is 13.3. The lowest BCUT2D eigenvalue weighted by molar-refractivity contribution is -0.121. The van der Waals surface area contributed by atoms with E-state index in [2.05, 4.69) is 21.5 Å². The first-order valence-corrected chi connectivity index (χ1v) is 9.21. The predicted molar refractivity (Wildman–Crippen MR) is 107 cm³/mol. The molecule has 27 heavy (non-hydrogen) atoms. The van der Waals surface area contributed by atoms with Gasteiger partial charge in [-0.3, -0.25) is 4.79 Å². The van der Waals surface area contributed by atoms with Gasteiger partial charge in [0, 0.05) is 42.7 Å². The fourth-order valence-corrected chi connectivity index (χ4v) is 3.22. The monoisotopic (exact) mass is 358 g/mol. The number of hydrogen-bond acceptors (Lipinski definition) is 2. The fraction of sp³-hybridized carbons (Fsp3) is 0.182. The molecule has 4 rings (SSSR count). The van der Waals surface area contributed by atoms with E-state index in [4.69, 9.17) is 0 Å². The highest BCUT2D eigenvalue weighted by Crippen LogP contribution is 2.18. The van der Waals surface area contributed by atoms with Crippen molar-refractivity contribution in [3.63, 3.8) is 0 Å². The van der Waals surface area contributed by atoms with Crippen LogP contribution in [-0.4, -0.2) is 27.2 Å². The molecule has 0 fully saturated rings. The lowest BCUT2D eigenvalue weighted by Crippen LogP contribution is -2.26. The molecule has 0 aliphatic rings. The minimum atomic E-state index is 0.0720. The number of nitrogens with one attached hydrogen (secondary N) is 2. The quantitative estimate of drug-likeness (QED) is 0.530. The summed E-state index contributed by atoms with van der Waals surface area (Å²) in [7, 11) is 0. The fourth-order valence-electron chi connectivity index (χ4n) is 3.22. The standard InChI is InChI=1S/C22H22N4O/c27-22(11-10-17-16-24-21-9-5-4-8-20(17)21)23-14-12-18-13-15-26(25-18)19-6-2-1-3-7-19/h1-9,13,15-16,24H,10-12,14H2,(H,23,27). The number of aromatic amines is 1. The Morgan fingerprint density at radius 3 is 2.70 bits per heavy atom. The van der Waals surface area contributed by atoms with E-state index in [9.17, 15) is 4.79 Å². The zero-order valence-corrected chi connectivity index (χ0v) is 15.1. The Kier molecular flexibility index (Phi) is 5.01. The molecule has 0 aliphatic carbocycles. The number of rotatable bonds is 7. The zero-order chi connectivity index (χ0) is 18.5. The van der Waals surface area contributed by atoms with Crippen LogP contribution in [0.15, 0.2) is 73.1 Å². The normalized spacial score (nSPS) is 11.0. The van der Waals surface area contributed by atoms with E-state index in [0.29, 0.717) is 13.0 Å². The summed E-state index contributed by atoms with van der Waals surface area (Å²) in [6.07, 6.45) is 5.88. The number of H-pyrrole nitrogens is 1. The number of fused-ring (bicyclic) bond motifs is 1. The number of nitrogens with zero attached hydrogens (tertiary/aromatic N) is 2. The zero-order valence-electron chi connectivity index (χ0n) is 15.1. The maximum Gasteiger partial charge on any atom is 0.220 e. The van der Waals surface area contributed by atoms with Crippen molar-refractivity contribution in [2.45, 2.75) is 19.3 Å². The van der Waals surface area contributed by atoms with Crippen molar-refractivity contribution in [3.8, 4) is 5.69 Å². The summed E-state index contributed by atoms with van der Waals surface area (Å²) < 4.78 is 1.86. The smallest absolute Gasteiger partial charge is 0.220 e. The number of benzene rings is 2. The van der Waals surface area contributed by atoms with E-state index >= 15 is 0 Å². The van der Waals surface area contributed by atoms with E-state index < -0.39 is 0 Å². The minimum absolute atomic E-state index is 0.0720. The highest BCUT2D eigenvalue weighted by Gasteiger charge is 2.07. The molecule has 2 N–H and O–H groups in total. The number of para-hydroxylation sites is 2. The lowest BCUT2D eigenvalue weighted by atomic mass is 10.1. The molecule has 0 spiro atoms. The summed E-state index contributed by atoms with van der Waals surface area (Å²) in [5, 5.41) is 8.74. The predicted octanol–water partition coefficient (Wildman–Crippen LogP) is 3.65. The van der Waals surface area contributed by atoms with E-state index in [1.165, 1.54) is 10.9 Å². The van der Waals surface area contributed by atoms with Crippen molar-refractivity contribution < 1.29 is 4.79 Å². The van der Waals surface area contributed by atoms with Crippen molar-refractivity contribution in [1.82, 2.24) is 20.1 Å². The van der Waals surface area contributed by atoms with Gasteiger partial charge in [0.05, 0.1) is 11.4 Å². The lowest BCUT2D eigenvalue weighted by Gasteiger charge is -2.04. The van der Waals surface area contributed by atoms with Crippen LogP contribution in [0.2, 0.25) is 0 Å². The number of aromatic nitrogens is 3. The molecule has 5 nitrogen and oxygen atoms in total. The molecule has 2 aromatic heterocycles. The third-order valence-corrected chi connectivity index (χ3v) is 4.66. The van der Waals surface area contributed by atoms with Crippen LogP contribution in [0, 0.1) is 0 Å². The Balaban J connectivity index is 1.25. The average molecular weight is 358 g/mol. The van der Waals surface area contributed by atoms with Gasteiger partial charge < -0.3 is 10.3 Å². The van der Waals surface area contributed by atoms with Gasteiger partial charge in [0.25, 0.3) is 0 Å². The summed E-state index contributed by atoms with van der Waals surface area (Å²) in [6, 6.07) is 20.2.